The van der Waals surface area contributed by atoms with E-state index < -0.39 is 5.97 Å². The van der Waals surface area contributed by atoms with E-state index in [-0.39, 0.29) is 29.0 Å². The third-order valence-corrected chi connectivity index (χ3v) is 3.53. The summed E-state index contributed by atoms with van der Waals surface area (Å²) in [7, 11) is 1.57. The van der Waals surface area contributed by atoms with E-state index in [4.69, 9.17) is 4.74 Å². The Bertz CT molecular complexity index is 537. The minimum atomic E-state index is -1.09. The Kier molecular flexibility index (Phi) is 5.90. The minimum absolute atomic E-state index is 0.0624. The lowest BCUT2D eigenvalue weighted by Gasteiger charge is -2.22. The molecule has 0 spiro atoms. The van der Waals surface area contributed by atoms with Gasteiger partial charge in [-0.2, -0.15) is 0 Å². The molecule has 1 rings (SSSR count). The van der Waals surface area contributed by atoms with E-state index >= 15 is 0 Å². The van der Waals surface area contributed by atoms with Gasteiger partial charge in [-0.15, -0.1) is 0 Å². The van der Waals surface area contributed by atoms with Gasteiger partial charge >= 0.3 is 5.97 Å². The Morgan fingerprint density at radius 2 is 1.71 bits per heavy atom. The molecule has 2 N–H and O–H groups in total. The summed E-state index contributed by atoms with van der Waals surface area (Å²) >= 11 is 0. The summed E-state index contributed by atoms with van der Waals surface area (Å²) in [5.74, 6) is -1.27. The predicted octanol–water partition coefficient (Wildman–Crippen LogP) is 2.40. The lowest BCUT2D eigenvalue weighted by Crippen LogP contribution is -2.42. The van der Waals surface area contributed by atoms with Gasteiger partial charge in [0.1, 0.15) is 0 Å². The quantitative estimate of drug-likeness (QED) is 0.844. The van der Waals surface area contributed by atoms with Crippen LogP contribution < -0.4 is 5.32 Å². The smallest absolute Gasteiger partial charge is 0.336 e. The number of carbonyl (C=O) groups is 2. The monoisotopic (exact) mass is 293 g/mol. The van der Waals surface area contributed by atoms with Crippen molar-refractivity contribution in [2.75, 3.05) is 13.7 Å². The first-order valence-corrected chi connectivity index (χ1v) is 6.92. The first kappa shape index (κ1) is 17.2. The molecule has 0 aromatic heterocycles. The summed E-state index contributed by atoms with van der Waals surface area (Å²) in [6, 6.07) is 3.31. The summed E-state index contributed by atoms with van der Waals surface area (Å²) in [6.45, 7) is 7.77. The molecule has 116 valence electrons. The normalized spacial score (nSPS) is 12.3. The van der Waals surface area contributed by atoms with Gasteiger partial charge < -0.3 is 15.2 Å². The maximum atomic E-state index is 12.5. The third kappa shape index (κ3) is 4.04. The Morgan fingerprint density at radius 1 is 1.19 bits per heavy atom. The van der Waals surface area contributed by atoms with Crippen molar-refractivity contribution in [1.82, 2.24) is 5.32 Å². The maximum absolute atomic E-state index is 12.5. The highest BCUT2D eigenvalue weighted by atomic mass is 16.5. The molecule has 1 aromatic carbocycles. The van der Waals surface area contributed by atoms with Crippen molar-refractivity contribution in [1.29, 1.82) is 0 Å². The molecule has 0 heterocycles. The molecule has 0 radical (unpaired) electrons. The fourth-order valence-electron chi connectivity index (χ4n) is 2.20. The molecule has 0 aliphatic heterocycles. The zero-order valence-corrected chi connectivity index (χ0v) is 13.2. The molecular weight excluding hydrogens is 270 g/mol. The van der Waals surface area contributed by atoms with Crippen LogP contribution in [0.3, 0.4) is 0 Å². The van der Waals surface area contributed by atoms with Gasteiger partial charge in [0.2, 0.25) is 0 Å². The topological polar surface area (TPSA) is 75.6 Å². The lowest BCUT2D eigenvalue weighted by atomic mass is 9.95. The van der Waals surface area contributed by atoms with Crippen LogP contribution in [0.15, 0.2) is 12.1 Å². The number of benzene rings is 1. The number of nitrogens with one attached hydrogen (secondary N) is 1. The van der Waals surface area contributed by atoms with Crippen LogP contribution in [0.4, 0.5) is 0 Å². The van der Waals surface area contributed by atoms with Crippen LogP contribution in [0.2, 0.25) is 0 Å². The molecule has 0 saturated heterocycles. The molecule has 21 heavy (non-hydrogen) atoms. The van der Waals surface area contributed by atoms with Crippen LogP contribution in [-0.2, 0) is 4.74 Å². The summed E-state index contributed by atoms with van der Waals surface area (Å²) in [5, 5.41) is 12.2. The first-order chi connectivity index (χ1) is 9.79. The summed E-state index contributed by atoms with van der Waals surface area (Å²) in [6.07, 6.45) is 0. The van der Waals surface area contributed by atoms with E-state index in [1.807, 2.05) is 13.8 Å². The van der Waals surface area contributed by atoms with Crippen molar-refractivity contribution in [2.45, 2.75) is 33.7 Å². The molecule has 0 aliphatic carbocycles. The van der Waals surface area contributed by atoms with Gasteiger partial charge in [-0.3, -0.25) is 4.79 Å². The van der Waals surface area contributed by atoms with Gasteiger partial charge in [0, 0.05) is 7.11 Å². The van der Waals surface area contributed by atoms with E-state index in [0.717, 1.165) is 0 Å². The number of carboxylic acids is 1. The second-order valence-corrected chi connectivity index (χ2v) is 5.53. The largest absolute Gasteiger partial charge is 0.478 e. The number of hydrogen-bond acceptors (Lipinski definition) is 3. The number of aromatic carboxylic acids is 1. The standard InChI is InChI=1S/C16H23NO4/c1-9(2)12(8-21-5)17-15(18)13-10(3)6-7-11(4)14(13)16(19)20/h6-7,9,12H,8H2,1-5H3,(H,17,18)(H,19,20). The average molecular weight is 293 g/mol. The number of carboxylic acid groups (broad SMARTS) is 1. The minimum Gasteiger partial charge on any atom is -0.478 e. The van der Waals surface area contributed by atoms with Crippen molar-refractivity contribution < 1.29 is 19.4 Å². The number of aryl methyl sites for hydroxylation is 2. The van der Waals surface area contributed by atoms with Crippen LogP contribution in [0.25, 0.3) is 0 Å². The molecule has 5 heteroatoms. The van der Waals surface area contributed by atoms with Crippen LogP contribution in [0, 0.1) is 19.8 Å². The van der Waals surface area contributed by atoms with E-state index in [1.165, 1.54) is 0 Å². The number of carbonyl (C=O) groups excluding carboxylic acids is 1. The fourth-order valence-corrected chi connectivity index (χ4v) is 2.20. The van der Waals surface area contributed by atoms with Crippen molar-refractivity contribution in [3.05, 3.63) is 34.4 Å². The van der Waals surface area contributed by atoms with E-state index in [2.05, 4.69) is 5.32 Å². The van der Waals surface area contributed by atoms with Gasteiger partial charge in [-0.1, -0.05) is 26.0 Å². The molecule has 0 bridgehead atoms. The molecule has 0 aliphatic rings. The Balaban J connectivity index is 3.18. The second-order valence-electron chi connectivity index (χ2n) is 5.53. The van der Waals surface area contributed by atoms with Crippen LogP contribution >= 0.6 is 0 Å². The van der Waals surface area contributed by atoms with E-state index in [1.54, 1.807) is 33.1 Å². The summed E-state index contributed by atoms with van der Waals surface area (Å²) < 4.78 is 5.10. The highest BCUT2D eigenvalue weighted by molar-refractivity contribution is 6.06. The predicted molar refractivity (Wildman–Crippen MR) is 80.8 cm³/mol. The fraction of sp³-hybridized carbons (Fsp3) is 0.500. The van der Waals surface area contributed by atoms with Crippen LogP contribution in [0.5, 0.6) is 0 Å². The number of amides is 1. The van der Waals surface area contributed by atoms with Gasteiger partial charge in [0.15, 0.2) is 0 Å². The average Bonchev–Trinajstić information content (AvgIpc) is 2.39. The van der Waals surface area contributed by atoms with Crippen LogP contribution in [-0.4, -0.2) is 36.7 Å². The number of hydrogen-bond donors (Lipinski definition) is 2. The Labute approximate surface area is 125 Å². The van der Waals surface area contributed by atoms with Gasteiger partial charge in [0.25, 0.3) is 5.91 Å². The molecule has 1 atom stereocenters. The number of methoxy groups -OCH3 is 1. The molecule has 0 saturated carbocycles. The van der Waals surface area contributed by atoms with Crippen molar-refractivity contribution in [2.24, 2.45) is 5.92 Å². The van der Waals surface area contributed by atoms with Crippen molar-refractivity contribution in [3.8, 4) is 0 Å². The lowest BCUT2D eigenvalue weighted by molar-refractivity contribution is 0.0687. The van der Waals surface area contributed by atoms with E-state index in [9.17, 15) is 14.7 Å². The van der Waals surface area contributed by atoms with E-state index in [0.29, 0.717) is 17.7 Å². The highest BCUT2D eigenvalue weighted by Crippen LogP contribution is 2.19. The molecule has 1 amide bonds. The van der Waals surface area contributed by atoms with Gasteiger partial charge in [-0.25, -0.2) is 4.79 Å². The van der Waals surface area contributed by atoms with Gasteiger partial charge in [0.05, 0.1) is 23.8 Å². The zero-order chi connectivity index (χ0) is 16.2. The SMILES string of the molecule is COCC(NC(=O)c1c(C)ccc(C)c1C(=O)O)C(C)C. The molecule has 5 nitrogen and oxygen atoms in total. The second kappa shape index (κ2) is 7.22. The third-order valence-electron chi connectivity index (χ3n) is 3.53. The zero-order valence-electron chi connectivity index (χ0n) is 13.2. The Hall–Kier alpha value is -1.88. The Morgan fingerprint density at radius 3 is 2.14 bits per heavy atom. The molecule has 1 unspecified atom stereocenters. The van der Waals surface area contributed by atoms with Crippen molar-refractivity contribution in [3.63, 3.8) is 0 Å². The number of ether oxygens (including phenoxy) is 1. The first-order valence-electron chi connectivity index (χ1n) is 6.92. The molecule has 1 aromatic rings. The molecular formula is C16H23NO4. The number of rotatable bonds is 6. The van der Waals surface area contributed by atoms with Crippen molar-refractivity contribution >= 4 is 11.9 Å². The molecule has 0 fully saturated rings. The summed E-state index contributed by atoms with van der Waals surface area (Å²) in [4.78, 5) is 23.9. The maximum Gasteiger partial charge on any atom is 0.336 e. The summed E-state index contributed by atoms with van der Waals surface area (Å²) in [5.41, 5.74) is 1.51. The highest BCUT2D eigenvalue weighted by Gasteiger charge is 2.24. The van der Waals surface area contributed by atoms with Gasteiger partial charge in [-0.05, 0) is 30.9 Å². The van der Waals surface area contributed by atoms with Crippen LogP contribution in [0.1, 0.15) is 45.7 Å².